The lowest BCUT2D eigenvalue weighted by Gasteiger charge is -2.25. The molecule has 0 saturated heterocycles. The molecule has 5 N–H and O–H groups in total. The largest absolute Gasteiger partial charge is 0.508 e. The summed E-state index contributed by atoms with van der Waals surface area (Å²) in [5, 5.41) is 34.7. The van der Waals surface area contributed by atoms with Crippen LogP contribution in [0.4, 0.5) is 0 Å². The van der Waals surface area contributed by atoms with E-state index >= 15 is 0 Å². The van der Waals surface area contributed by atoms with Crippen molar-refractivity contribution in [2.24, 2.45) is 0 Å². The summed E-state index contributed by atoms with van der Waals surface area (Å²) in [6.07, 6.45) is 1.45. The predicted molar refractivity (Wildman–Crippen MR) is 162 cm³/mol. The van der Waals surface area contributed by atoms with Crippen LogP contribution in [0.1, 0.15) is 21.5 Å². The Bertz CT molecular complexity index is 1590. The average Bonchev–Trinajstić information content (AvgIpc) is 2.95. The van der Waals surface area contributed by atoms with E-state index in [1.54, 1.807) is 0 Å². The van der Waals surface area contributed by atoms with Crippen LogP contribution < -0.4 is 16.0 Å². The number of hydrogen-bond donors (Lipinski definition) is 5. The second kappa shape index (κ2) is 12.6. The number of aromatic hydroxyl groups is 2. The maximum absolute atomic E-state index is 13.2. The minimum atomic E-state index is -0.349. The van der Waals surface area contributed by atoms with Crippen molar-refractivity contribution in [2.45, 2.75) is 24.9 Å². The van der Waals surface area contributed by atoms with Gasteiger partial charge in [0.2, 0.25) is 0 Å². The van der Waals surface area contributed by atoms with Crippen LogP contribution in [0.25, 0.3) is 21.5 Å². The summed E-state index contributed by atoms with van der Waals surface area (Å²) in [7, 11) is 1.94. The van der Waals surface area contributed by atoms with Crippen LogP contribution in [0.3, 0.4) is 0 Å². The lowest BCUT2D eigenvalue weighted by molar-refractivity contribution is 0.0935. The molecular weight excluding hydrogens is 498 g/mol. The van der Waals surface area contributed by atoms with Crippen LogP contribution in [0.5, 0.6) is 11.5 Å². The third-order valence-electron chi connectivity index (χ3n) is 7.25. The fraction of sp³-hybridized carbons (Fsp3) is 0.206. The van der Waals surface area contributed by atoms with E-state index in [9.17, 15) is 15.0 Å². The Morgan fingerprint density at radius 3 is 2.17 bits per heavy atom. The SMILES string of the molecule is CNC[C@H](Cc1ccc2ccccc2c1)NC[C@@H](Cc1cccc2ccccc12)NC(=O)c1cc(O)cc(O)c1. The first-order valence-corrected chi connectivity index (χ1v) is 13.6. The van der Waals surface area contributed by atoms with Crippen LogP contribution in [-0.4, -0.2) is 48.3 Å². The Hall–Kier alpha value is -4.39. The van der Waals surface area contributed by atoms with Gasteiger partial charge in [-0.15, -0.1) is 0 Å². The van der Waals surface area contributed by atoms with Gasteiger partial charge in [-0.2, -0.15) is 0 Å². The van der Waals surface area contributed by atoms with E-state index in [0.29, 0.717) is 13.0 Å². The van der Waals surface area contributed by atoms with Gasteiger partial charge in [0.05, 0.1) is 0 Å². The minimum Gasteiger partial charge on any atom is -0.508 e. The van der Waals surface area contributed by atoms with Crippen LogP contribution >= 0.6 is 0 Å². The Morgan fingerprint density at radius 1 is 0.700 bits per heavy atom. The fourth-order valence-electron chi connectivity index (χ4n) is 5.33. The summed E-state index contributed by atoms with van der Waals surface area (Å²) in [5.41, 5.74) is 2.60. The molecule has 6 nitrogen and oxygen atoms in total. The fourth-order valence-corrected chi connectivity index (χ4v) is 5.33. The molecule has 0 aromatic heterocycles. The summed E-state index contributed by atoms with van der Waals surface area (Å²) in [6.45, 7) is 1.31. The van der Waals surface area contributed by atoms with Crippen LogP contribution in [0.2, 0.25) is 0 Å². The zero-order valence-corrected chi connectivity index (χ0v) is 22.6. The van der Waals surface area contributed by atoms with Gasteiger partial charge >= 0.3 is 0 Å². The highest BCUT2D eigenvalue weighted by atomic mass is 16.3. The molecule has 0 radical (unpaired) electrons. The molecule has 0 aliphatic rings. The second-order valence-electron chi connectivity index (χ2n) is 10.3. The van der Waals surface area contributed by atoms with E-state index in [-0.39, 0.29) is 35.1 Å². The number of rotatable bonds is 11. The third kappa shape index (κ3) is 6.78. The number of hydrogen-bond acceptors (Lipinski definition) is 5. The highest BCUT2D eigenvalue weighted by molar-refractivity contribution is 5.95. The van der Waals surface area contributed by atoms with E-state index in [1.807, 2.05) is 25.2 Å². The van der Waals surface area contributed by atoms with Crippen molar-refractivity contribution >= 4 is 27.5 Å². The minimum absolute atomic E-state index is 0.142. The lowest BCUT2D eigenvalue weighted by Crippen LogP contribution is -2.48. The number of fused-ring (bicyclic) bond motifs is 2. The van der Waals surface area contributed by atoms with Gasteiger partial charge in [-0.1, -0.05) is 84.9 Å². The standard InChI is InChI=1S/C34H35N3O3/c1-35-21-29(16-23-13-14-24-7-2-3-9-26(24)15-23)36-22-30(37-34(40)28-18-31(38)20-32(39)19-28)17-27-11-6-10-25-8-4-5-12-33(25)27/h2-15,18-20,29-30,35-36,38-39H,16-17,21-22H2,1H3,(H,37,40)/t29-,30+/m0/s1. The first-order valence-electron chi connectivity index (χ1n) is 13.6. The molecule has 5 aromatic rings. The van der Waals surface area contributed by atoms with Crippen molar-refractivity contribution in [3.8, 4) is 11.5 Å². The number of carbonyl (C=O) groups is 1. The van der Waals surface area contributed by atoms with Gasteiger partial charge in [-0.3, -0.25) is 4.79 Å². The molecular formula is C34H35N3O3. The maximum Gasteiger partial charge on any atom is 0.251 e. The number of carbonyl (C=O) groups excluding carboxylic acids is 1. The molecule has 0 heterocycles. The number of likely N-dealkylation sites (N-methyl/N-ethyl adjacent to an activating group) is 1. The molecule has 6 heteroatoms. The predicted octanol–water partition coefficient (Wildman–Crippen LogP) is 5.17. The number of benzene rings is 5. The zero-order chi connectivity index (χ0) is 27.9. The van der Waals surface area contributed by atoms with Gasteiger partial charge in [0.15, 0.2) is 0 Å². The average molecular weight is 534 g/mol. The van der Waals surface area contributed by atoms with Crippen molar-refractivity contribution in [2.75, 3.05) is 20.1 Å². The quantitative estimate of drug-likeness (QED) is 0.162. The maximum atomic E-state index is 13.2. The van der Waals surface area contributed by atoms with E-state index in [2.05, 4.69) is 82.7 Å². The monoisotopic (exact) mass is 533 g/mol. The Balaban J connectivity index is 1.36. The smallest absolute Gasteiger partial charge is 0.251 e. The summed E-state index contributed by atoms with van der Waals surface area (Å²) in [6, 6.07) is 33.3. The van der Waals surface area contributed by atoms with Crippen molar-refractivity contribution < 1.29 is 15.0 Å². The van der Waals surface area contributed by atoms with Crippen LogP contribution in [0.15, 0.2) is 103 Å². The topological polar surface area (TPSA) is 93.6 Å². The molecule has 0 aliphatic heterocycles. The molecule has 0 bridgehead atoms. The first-order chi connectivity index (χ1) is 19.5. The first kappa shape index (κ1) is 27.2. The molecule has 0 unspecified atom stereocenters. The highest BCUT2D eigenvalue weighted by Gasteiger charge is 2.19. The summed E-state index contributed by atoms with van der Waals surface area (Å²) < 4.78 is 0. The van der Waals surface area contributed by atoms with E-state index in [4.69, 9.17) is 0 Å². The molecule has 5 aromatic carbocycles. The number of nitrogens with one attached hydrogen (secondary N) is 3. The zero-order valence-electron chi connectivity index (χ0n) is 22.6. The Labute approximate surface area is 234 Å². The summed E-state index contributed by atoms with van der Waals surface area (Å²) >= 11 is 0. The van der Waals surface area contributed by atoms with Crippen molar-refractivity contribution in [1.29, 1.82) is 0 Å². The van der Waals surface area contributed by atoms with Gasteiger partial charge in [-0.25, -0.2) is 0 Å². The van der Waals surface area contributed by atoms with E-state index < -0.39 is 0 Å². The van der Waals surface area contributed by atoms with Crippen LogP contribution in [-0.2, 0) is 12.8 Å². The molecule has 204 valence electrons. The number of phenolic OH excluding ortho intramolecular Hbond substituents is 2. The molecule has 2 atom stereocenters. The highest BCUT2D eigenvalue weighted by Crippen LogP contribution is 2.22. The molecule has 0 aliphatic carbocycles. The van der Waals surface area contributed by atoms with Gasteiger partial charge in [0, 0.05) is 36.8 Å². The van der Waals surface area contributed by atoms with Crippen molar-refractivity contribution in [1.82, 2.24) is 16.0 Å². The molecule has 0 fully saturated rings. The summed E-state index contributed by atoms with van der Waals surface area (Å²) in [5.74, 6) is -0.658. The molecule has 0 saturated carbocycles. The second-order valence-corrected chi connectivity index (χ2v) is 10.3. The van der Waals surface area contributed by atoms with Gasteiger partial charge in [0.25, 0.3) is 5.91 Å². The summed E-state index contributed by atoms with van der Waals surface area (Å²) in [4.78, 5) is 13.2. The Kier molecular flexibility index (Phi) is 8.59. The van der Waals surface area contributed by atoms with Gasteiger partial charge in [0.1, 0.15) is 11.5 Å². The lowest BCUT2D eigenvalue weighted by atomic mass is 9.97. The van der Waals surface area contributed by atoms with Crippen LogP contribution in [0, 0.1) is 0 Å². The van der Waals surface area contributed by atoms with E-state index in [0.717, 1.165) is 29.3 Å². The third-order valence-corrected chi connectivity index (χ3v) is 7.25. The normalized spacial score (nSPS) is 12.8. The van der Waals surface area contributed by atoms with E-state index in [1.165, 1.54) is 34.5 Å². The number of amides is 1. The molecule has 40 heavy (non-hydrogen) atoms. The van der Waals surface area contributed by atoms with Gasteiger partial charge < -0.3 is 26.2 Å². The number of phenols is 2. The Morgan fingerprint density at radius 2 is 1.40 bits per heavy atom. The van der Waals surface area contributed by atoms with Crippen molar-refractivity contribution in [3.63, 3.8) is 0 Å². The molecule has 5 rings (SSSR count). The molecule has 0 spiro atoms. The van der Waals surface area contributed by atoms with Crippen molar-refractivity contribution in [3.05, 3.63) is 120 Å². The molecule has 1 amide bonds. The van der Waals surface area contributed by atoms with Gasteiger partial charge in [-0.05, 0) is 64.7 Å².